The molecule has 0 saturated carbocycles. The smallest absolute Gasteiger partial charge is 0.259 e. The second-order valence-corrected chi connectivity index (χ2v) is 5.28. The minimum Gasteiger partial charge on any atom is -0.418 e. The summed E-state index contributed by atoms with van der Waals surface area (Å²) in [7, 11) is 0. The van der Waals surface area contributed by atoms with Crippen LogP contribution in [0.25, 0.3) is 10.8 Å². The summed E-state index contributed by atoms with van der Waals surface area (Å²) in [6, 6.07) is 1.95. The Kier molecular flexibility index (Phi) is 4.74. The molecule has 0 radical (unpaired) electrons. The molecule has 98 valence electrons. The molecule has 0 fully saturated rings. The first-order valence-electron chi connectivity index (χ1n) is 6.06. The van der Waals surface area contributed by atoms with Gasteiger partial charge in [-0.2, -0.15) is 0 Å². The van der Waals surface area contributed by atoms with E-state index in [0.29, 0.717) is 16.8 Å². The summed E-state index contributed by atoms with van der Waals surface area (Å²) in [6.07, 6.45) is 1.99. The van der Waals surface area contributed by atoms with Crippen LogP contribution in [-0.4, -0.2) is 16.7 Å². The van der Waals surface area contributed by atoms with E-state index in [1.165, 1.54) is 11.3 Å². The van der Waals surface area contributed by atoms with Crippen LogP contribution in [0.3, 0.4) is 0 Å². The lowest BCUT2D eigenvalue weighted by Crippen LogP contribution is -2.21. The van der Waals surface area contributed by atoms with E-state index in [9.17, 15) is 0 Å². The van der Waals surface area contributed by atoms with E-state index in [1.807, 2.05) is 11.4 Å². The molecule has 2 rings (SSSR count). The fourth-order valence-corrected chi connectivity index (χ4v) is 2.69. The molecule has 18 heavy (non-hydrogen) atoms. The highest BCUT2D eigenvalue weighted by Crippen LogP contribution is 2.33. The quantitative estimate of drug-likeness (QED) is 0.874. The summed E-state index contributed by atoms with van der Waals surface area (Å²) in [6.45, 7) is 5.16. The van der Waals surface area contributed by atoms with Crippen molar-refractivity contribution in [2.24, 2.45) is 0 Å². The van der Waals surface area contributed by atoms with Crippen molar-refractivity contribution in [1.82, 2.24) is 15.5 Å². The van der Waals surface area contributed by atoms with Gasteiger partial charge in [-0.15, -0.1) is 21.5 Å². The zero-order valence-corrected chi connectivity index (χ0v) is 12.0. The molecule has 0 aliphatic heterocycles. The van der Waals surface area contributed by atoms with Gasteiger partial charge in [0.2, 0.25) is 5.89 Å². The molecule has 0 spiro atoms. The van der Waals surface area contributed by atoms with Gasteiger partial charge >= 0.3 is 0 Å². The third kappa shape index (κ3) is 2.91. The number of hydrogen-bond acceptors (Lipinski definition) is 5. The lowest BCUT2D eigenvalue weighted by molar-refractivity contribution is 0.396. The van der Waals surface area contributed by atoms with Crippen LogP contribution in [0.15, 0.2) is 15.9 Å². The summed E-state index contributed by atoms with van der Waals surface area (Å²) < 4.78 is 5.70. The third-order valence-corrected chi connectivity index (χ3v) is 3.93. The van der Waals surface area contributed by atoms with Gasteiger partial charge in [0.25, 0.3) is 5.89 Å². The minimum atomic E-state index is 0.116. The molecule has 0 aromatic carbocycles. The summed E-state index contributed by atoms with van der Waals surface area (Å²) in [4.78, 5) is 0.834. The molecule has 2 aromatic heterocycles. The highest BCUT2D eigenvalue weighted by atomic mass is 35.5. The van der Waals surface area contributed by atoms with Crippen LogP contribution in [0.4, 0.5) is 0 Å². The highest BCUT2D eigenvalue weighted by molar-refractivity contribution is 7.14. The number of nitrogens with zero attached hydrogens (tertiary/aromatic N) is 2. The summed E-state index contributed by atoms with van der Waals surface area (Å²) >= 11 is 7.55. The zero-order valence-electron chi connectivity index (χ0n) is 10.4. The first kappa shape index (κ1) is 13.5. The van der Waals surface area contributed by atoms with Crippen molar-refractivity contribution in [3.8, 4) is 10.8 Å². The Morgan fingerprint density at radius 3 is 2.89 bits per heavy atom. The van der Waals surface area contributed by atoms with Gasteiger partial charge < -0.3 is 9.73 Å². The molecule has 0 amide bonds. The van der Waals surface area contributed by atoms with Crippen LogP contribution in [0, 0.1) is 0 Å². The normalized spacial score (nSPS) is 12.8. The van der Waals surface area contributed by atoms with E-state index in [2.05, 4.69) is 29.4 Å². The van der Waals surface area contributed by atoms with Gasteiger partial charge in [-0.3, -0.25) is 0 Å². The maximum Gasteiger partial charge on any atom is 0.259 e. The van der Waals surface area contributed by atoms with Crippen LogP contribution >= 0.6 is 22.9 Å². The average molecular weight is 286 g/mol. The van der Waals surface area contributed by atoms with Crippen LogP contribution in [0.5, 0.6) is 0 Å². The van der Waals surface area contributed by atoms with E-state index >= 15 is 0 Å². The van der Waals surface area contributed by atoms with Gasteiger partial charge in [0.15, 0.2) is 0 Å². The Labute approximate surface area is 115 Å². The monoisotopic (exact) mass is 285 g/mol. The van der Waals surface area contributed by atoms with Crippen molar-refractivity contribution < 1.29 is 4.42 Å². The predicted octanol–water partition coefficient (Wildman–Crippen LogP) is 3.90. The van der Waals surface area contributed by atoms with E-state index in [0.717, 1.165) is 24.3 Å². The molecule has 0 aliphatic carbocycles. The molecule has 0 aliphatic rings. The SMILES string of the molecule is CCCNC(CC)c1nnc(-c2sccc2Cl)o1. The predicted molar refractivity (Wildman–Crippen MR) is 73.9 cm³/mol. The second kappa shape index (κ2) is 6.31. The maximum absolute atomic E-state index is 6.05. The third-order valence-electron chi connectivity index (χ3n) is 2.60. The first-order valence-corrected chi connectivity index (χ1v) is 7.32. The molecule has 1 N–H and O–H groups in total. The lowest BCUT2D eigenvalue weighted by Gasteiger charge is -2.11. The van der Waals surface area contributed by atoms with Crippen molar-refractivity contribution in [3.63, 3.8) is 0 Å². The molecule has 4 nitrogen and oxygen atoms in total. The van der Waals surface area contributed by atoms with E-state index < -0.39 is 0 Å². The maximum atomic E-state index is 6.05. The molecule has 2 aromatic rings. The van der Waals surface area contributed by atoms with Gasteiger partial charge in [0.1, 0.15) is 4.88 Å². The van der Waals surface area contributed by atoms with E-state index in [4.69, 9.17) is 16.0 Å². The Hall–Kier alpha value is -0.910. The molecular formula is C12H16ClN3OS. The topological polar surface area (TPSA) is 51.0 Å². The molecular weight excluding hydrogens is 270 g/mol. The molecule has 1 atom stereocenters. The molecule has 2 heterocycles. The summed E-state index contributed by atoms with van der Waals surface area (Å²) in [5.74, 6) is 1.13. The fourth-order valence-electron chi connectivity index (χ4n) is 1.64. The number of nitrogens with one attached hydrogen (secondary N) is 1. The largest absolute Gasteiger partial charge is 0.418 e. The van der Waals surface area contributed by atoms with Gasteiger partial charge in [-0.1, -0.05) is 25.4 Å². The minimum absolute atomic E-state index is 0.116. The second-order valence-electron chi connectivity index (χ2n) is 3.96. The number of halogens is 1. The number of rotatable bonds is 6. The van der Waals surface area contributed by atoms with E-state index in [-0.39, 0.29) is 6.04 Å². The Balaban J connectivity index is 2.16. The van der Waals surface area contributed by atoms with Crippen molar-refractivity contribution in [1.29, 1.82) is 0 Å². The highest BCUT2D eigenvalue weighted by Gasteiger charge is 2.18. The Morgan fingerprint density at radius 2 is 2.28 bits per heavy atom. The zero-order chi connectivity index (χ0) is 13.0. The van der Waals surface area contributed by atoms with Crippen molar-refractivity contribution >= 4 is 22.9 Å². The van der Waals surface area contributed by atoms with Gasteiger partial charge in [0.05, 0.1) is 11.1 Å². The van der Waals surface area contributed by atoms with Gasteiger partial charge in [-0.25, -0.2) is 0 Å². The Morgan fingerprint density at radius 1 is 1.44 bits per heavy atom. The molecule has 1 unspecified atom stereocenters. The van der Waals surface area contributed by atoms with E-state index in [1.54, 1.807) is 0 Å². The standard InChI is InChI=1S/C12H16ClN3OS/c1-3-6-14-9(4-2)11-15-16-12(17-11)10-8(13)5-7-18-10/h5,7,9,14H,3-4,6H2,1-2H3. The number of thiophene rings is 1. The van der Waals surface area contributed by atoms with Crippen LogP contribution < -0.4 is 5.32 Å². The van der Waals surface area contributed by atoms with Crippen molar-refractivity contribution in [2.75, 3.05) is 6.54 Å². The molecule has 0 bridgehead atoms. The summed E-state index contributed by atoms with van der Waals surface area (Å²) in [5, 5.41) is 14.1. The summed E-state index contributed by atoms with van der Waals surface area (Å²) in [5.41, 5.74) is 0. The first-order chi connectivity index (χ1) is 8.76. The van der Waals surface area contributed by atoms with Crippen LogP contribution in [0.2, 0.25) is 5.02 Å². The molecule has 0 saturated heterocycles. The number of hydrogen-bond donors (Lipinski definition) is 1. The fraction of sp³-hybridized carbons (Fsp3) is 0.500. The molecule has 6 heteroatoms. The van der Waals surface area contributed by atoms with Crippen molar-refractivity contribution in [2.45, 2.75) is 32.7 Å². The average Bonchev–Trinajstić information content (AvgIpc) is 2.99. The van der Waals surface area contributed by atoms with Crippen LogP contribution in [-0.2, 0) is 0 Å². The van der Waals surface area contributed by atoms with Gasteiger partial charge in [-0.05, 0) is 30.8 Å². The lowest BCUT2D eigenvalue weighted by atomic mass is 10.2. The Bertz CT molecular complexity index is 497. The van der Waals surface area contributed by atoms with Crippen molar-refractivity contribution in [3.05, 3.63) is 22.4 Å². The van der Waals surface area contributed by atoms with Crippen LogP contribution in [0.1, 0.15) is 38.6 Å². The van der Waals surface area contributed by atoms with Gasteiger partial charge in [0, 0.05) is 0 Å². The number of aromatic nitrogens is 2.